The molecule has 0 N–H and O–H groups in total. The number of hydrogen-bond acceptors (Lipinski definition) is 0. The molecule has 13 heavy (non-hydrogen) atoms. The molecule has 1 rings (SSSR count). The highest BCUT2D eigenvalue weighted by Gasteiger charge is 2.76. The monoisotopic (exact) mass is 234 g/mol. The summed E-state index contributed by atoms with van der Waals surface area (Å²) in [7, 11) is 0. The minimum Gasteiger partial charge on any atom is -0.171 e. The fourth-order valence-corrected chi connectivity index (χ4v) is 2.76. The summed E-state index contributed by atoms with van der Waals surface area (Å²) in [6.07, 6.45) is -4.23. The number of hydrogen-bond donors (Lipinski definition) is 0. The van der Waals surface area contributed by atoms with Gasteiger partial charge in [0, 0.05) is 5.41 Å². The zero-order chi connectivity index (χ0) is 10.7. The molecule has 0 spiro atoms. The molecular formula is C8H11Cl2F3. The Morgan fingerprint density at radius 2 is 1.62 bits per heavy atom. The molecule has 1 aliphatic rings. The predicted molar refractivity (Wildman–Crippen MR) is 46.9 cm³/mol. The van der Waals surface area contributed by atoms with Gasteiger partial charge in [0.1, 0.15) is 4.33 Å². The lowest BCUT2D eigenvalue weighted by Crippen LogP contribution is -2.30. The normalized spacial score (nSPS) is 40.2. The van der Waals surface area contributed by atoms with Gasteiger partial charge in [0.2, 0.25) is 0 Å². The SMILES string of the molecule is CC(C(F)(F)F)C1(C)C(C)C1(Cl)Cl. The maximum absolute atomic E-state index is 12.4. The molecule has 0 radical (unpaired) electrons. The van der Waals surface area contributed by atoms with E-state index in [1.54, 1.807) is 6.92 Å². The molecule has 5 heteroatoms. The third-order valence-electron chi connectivity index (χ3n) is 3.47. The lowest BCUT2D eigenvalue weighted by molar-refractivity contribution is -0.187. The molecule has 0 heterocycles. The topological polar surface area (TPSA) is 0 Å². The molecule has 0 saturated heterocycles. The number of rotatable bonds is 1. The Labute approximate surface area is 85.4 Å². The summed E-state index contributed by atoms with van der Waals surface area (Å²) in [5, 5.41) is 0. The maximum atomic E-state index is 12.4. The summed E-state index contributed by atoms with van der Waals surface area (Å²) in [6.45, 7) is 4.25. The Morgan fingerprint density at radius 1 is 1.31 bits per heavy atom. The van der Waals surface area contributed by atoms with Crippen LogP contribution >= 0.6 is 23.2 Å². The predicted octanol–water partition coefficient (Wildman–Crippen LogP) is 4.01. The van der Waals surface area contributed by atoms with Gasteiger partial charge in [-0.1, -0.05) is 20.8 Å². The highest BCUT2D eigenvalue weighted by Crippen LogP contribution is 2.73. The van der Waals surface area contributed by atoms with Crippen LogP contribution in [0.3, 0.4) is 0 Å². The van der Waals surface area contributed by atoms with Gasteiger partial charge in [-0.05, 0) is 5.92 Å². The molecule has 0 aromatic rings. The highest BCUT2D eigenvalue weighted by atomic mass is 35.5. The zero-order valence-electron chi connectivity index (χ0n) is 7.54. The fraction of sp³-hybridized carbons (Fsp3) is 1.00. The minimum atomic E-state index is -4.23. The molecule has 0 aliphatic heterocycles. The summed E-state index contributed by atoms with van der Waals surface area (Å²) in [4.78, 5) is 0. The van der Waals surface area contributed by atoms with E-state index in [-0.39, 0.29) is 5.92 Å². The number of halogens is 5. The standard InChI is InChI=1S/C8H11Cl2F3/c1-4-6(3,7(4,9)10)5(2)8(11,12)13/h4-5H,1-3H3. The summed E-state index contributed by atoms with van der Waals surface area (Å²) in [5.41, 5.74) is -1.05. The van der Waals surface area contributed by atoms with Crippen molar-refractivity contribution in [2.24, 2.45) is 17.3 Å². The smallest absolute Gasteiger partial charge is 0.171 e. The second-order valence-electron chi connectivity index (χ2n) is 3.89. The van der Waals surface area contributed by atoms with Crippen molar-refractivity contribution in [1.82, 2.24) is 0 Å². The molecule has 0 nitrogen and oxygen atoms in total. The van der Waals surface area contributed by atoms with Crippen LogP contribution in [0.4, 0.5) is 13.2 Å². The first-order valence-electron chi connectivity index (χ1n) is 4.00. The Morgan fingerprint density at radius 3 is 1.69 bits per heavy atom. The first-order chi connectivity index (χ1) is 5.56. The second-order valence-corrected chi connectivity index (χ2v) is 5.28. The van der Waals surface area contributed by atoms with Crippen molar-refractivity contribution in [3.05, 3.63) is 0 Å². The van der Waals surface area contributed by atoms with E-state index in [9.17, 15) is 13.2 Å². The summed E-state index contributed by atoms with van der Waals surface area (Å²) in [6, 6.07) is 0. The van der Waals surface area contributed by atoms with Gasteiger partial charge in [-0.2, -0.15) is 13.2 Å². The van der Waals surface area contributed by atoms with Crippen LogP contribution in [0.2, 0.25) is 0 Å². The fourth-order valence-electron chi connectivity index (χ4n) is 1.76. The average molecular weight is 235 g/mol. The van der Waals surface area contributed by atoms with Gasteiger partial charge in [-0.25, -0.2) is 0 Å². The van der Waals surface area contributed by atoms with Gasteiger partial charge in [0.05, 0.1) is 5.92 Å². The van der Waals surface area contributed by atoms with E-state index in [1.807, 2.05) is 0 Å². The van der Waals surface area contributed by atoms with Crippen LogP contribution in [-0.2, 0) is 0 Å². The van der Waals surface area contributed by atoms with Gasteiger partial charge in [-0.15, -0.1) is 23.2 Å². The van der Waals surface area contributed by atoms with E-state index in [0.717, 1.165) is 6.92 Å². The average Bonchev–Trinajstić information content (AvgIpc) is 2.32. The van der Waals surface area contributed by atoms with Crippen molar-refractivity contribution in [2.75, 3.05) is 0 Å². The lowest BCUT2D eigenvalue weighted by atomic mass is 9.90. The van der Waals surface area contributed by atoms with E-state index in [1.165, 1.54) is 6.92 Å². The van der Waals surface area contributed by atoms with E-state index in [2.05, 4.69) is 0 Å². The van der Waals surface area contributed by atoms with Crippen molar-refractivity contribution in [1.29, 1.82) is 0 Å². The van der Waals surface area contributed by atoms with Gasteiger partial charge in [0.25, 0.3) is 0 Å². The van der Waals surface area contributed by atoms with Crippen molar-refractivity contribution >= 4 is 23.2 Å². The van der Waals surface area contributed by atoms with Crippen LogP contribution in [-0.4, -0.2) is 10.5 Å². The second kappa shape index (κ2) is 2.69. The van der Waals surface area contributed by atoms with Crippen molar-refractivity contribution in [2.45, 2.75) is 31.3 Å². The van der Waals surface area contributed by atoms with Crippen LogP contribution in [0.1, 0.15) is 20.8 Å². The third kappa shape index (κ3) is 1.35. The van der Waals surface area contributed by atoms with Crippen LogP contribution in [0.15, 0.2) is 0 Å². The lowest BCUT2D eigenvalue weighted by Gasteiger charge is -2.24. The van der Waals surface area contributed by atoms with Crippen molar-refractivity contribution in [3.8, 4) is 0 Å². The molecule has 0 bridgehead atoms. The van der Waals surface area contributed by atoms with Crippen LogP contribution in [0.25, 0.3) is 0 Å². The maximum Gasteiger partial charge on any atom is 0.392 e. The third-order valence-corrected chi connectivity index (χ3v) is 4.94. The molecule has 1 aliphatic carbocycles. The molecule has 1 fully saturated rings. The van der Waals surface area contributed by atoms with Gasteiger partial charge in [0.15, 0.2) is 0 Å². The largest absolute Gasteiger partial charge is 0.392 e. The molecule has 0 amide bonds. The number of alkyl halides is 5. The van der Waals surface area contributed by atoms with Crippen LogP contribution in [0, 0.1) is 17.3 Å². The van der Waals surface area contributed by atoms with Gasteiger partial charge < -0.3 is 0 Å². The summed E-state index contributed by atoms with van der Waals surface area (Å²) >= 11 is 11.5. The van der Waals surface area contributed by atoms with E-state index >= 15 is 0 Å². The minimum absolute atomic E-state index is 0.319. The van der Waals surface area contributed by atoms with Crippen molar-refractivity contribution in [3.63, 3.8) is 0 Å². The molecular weight excluding hydrogens is 224 g/mol. The molecule has 1 saturated carbocycles. The van der Waals surface area contributed by atoms with Crippen molar-refractivity contribution < 1.29 is 13.2 Å². The van der Waals surface area contributed by atoms with E-state index in [4.69, 9.17) is 23.2 Å². The zero-order valence-corrected chi connectivity index (χ0v) is 9.06. The van der Waals surface area contributed by atoms with Gasteiger partial charge >= 0.3 is 6.18 Å². The Kier molecular flexibility index (Phi) is 2.37. The molecule has 0 aromatic carbocycles. The van der Waals surface area contributed by atoms with Crippen LogP contribution < -0.4 is 0 Å². The Bertz CT molecular complexity index is 224. The van der Waals surface area contributed by atoms with E-state index < -0.39 is 21.8 Å². The molecule has 3 atom stereocenters. The molecule has 3 unspecified atom stereocenters. The quantitative estimate of drug-likeness (QED) is 0.602. The van der Waals surface area contributed by atoms with Gasteiger partial charge in [-0.3, -0.25) is 0 Å². The first-order valence-corrected chi connectivity index (χ1v) is 4.76. The van der Waals surface area contributed by atoms with E-state index in [0.29, 0.717) is 0 Å². The molecule has 78 valence electrons. The first kappa shape index (κ1) is 11.4. The molecule has 0 aromatic heterocycles. The Hall–Kier alpha value is 0.370. The Balaban J connectivity index is 2.87. The van der Waals surface area contributed by atoms with Crippen LogP contribution in [0.5, 0.6) is 0 Å². The highest BCUT2D eigenvalue weighted by molar-refractivity contribution is 6.51. The summed E-state index contributed by atoms with van der Waals surface area (Å²) < 4.78 is 35.9. The summed E-state index contributed by atoms with van der Waals surface area (Å²) in [5.74, 6) is -1.79.